The minimum Gasteiger partial charge on any atom is -0.504 e. The van der Waals surface area contributed by atoms with Crippen molar-refractivity contribution in [1.82, 2.24) is 14.9 Å². The van der Waals surface area contributed by atoms with E-state index < -0.39 is 53.6 Å². The Balaban J connectivity index is 1.68. The lowest BCUT2D eigenvalue weighted by atomic mass is 9.99. The number of rotatable bonds is 4. The summed E-state index contributed by atoms with van der Waals surface area (Å²) in [5, 5.41) is 34.4. The van der Waals surface area contributed by atoms with Gasteiger partial charge < -0.3 is 30.1 Å². The van der Waals surface area contributed by atoms with Gasteiger partial charge in [0.15, 0.2) is 17.6 Å². The van der Waals surface area contributed by atoms with Gasteiger partial charge in [-0.05, 0) is 45.0 Å². The number of aromatic nitrogens is 2. The van der Waals surface area contributed by atoms with E-state index in [1.807, 2.05) is 0 Å². The molecule has 0 fully saturated rings. The molecule has 11 heteroatoms. The summed E-state index contributed by atoms with van der Waals surface area (Å²) in [5.41, 5.74) is 0.00857. The molecule has 0 radical (unpaired) electrons. The van der Waals surface area contributed by atoms with Crippen LogP contribution in [0.1, 0.15) is 43.0 Å². The van der Waals surface area contributed by atoms with Gasteiger partial charge in [-0.2, -0.15) is 0 Å². The number of aromatic hydroxyl groups is 1. The van der Waals surface area contributed by atoms with Crippen LogP contribution in [0.15, 0.2) is 52.8 Å². The molecular weight excluding hydrogens is 482 g/mol. The Kier molecular flexibility index (Phi) is 5.97. The minimum absolute atomic E-state index is 0.00349. The molecule has 5 atom stereocenters. The Morgan fingerprint density at radius 1 is 1.16 bits per heavy atom. The summed E-state index contributed by atoms with van der Waals surface area (Å²) in [4.78, 5) is 43.7. The standard InChI is InChI=1S/C26H25N3O8/c1-11-23-28-17-7-5-4-6-14(17)25(34)29(23)18-10-21(20(32)8-15(18)24(33)27-11)37-22(12(2)30)16-9-19(31)13(3)36-26(16)35/h4-13,19,22,30-32H,1-3H3,(H,27,33)/t11-,12-,13+,19-,22-/m0/s1. The molecule has 1 amide bonds. The summed E-state index contributed by atoms with van der Waals surface area (Å²) in [5.74, 6) is -1.73. The smallest absolute Gasteiger partial charge is 0.338 e. The first-order chi connectivity index (χ1) is 17.6. The zero-order valence-electron chi connectivity index (χ0n) is 20.2. The van der Waals surface area contributed by atoms with Crippen LogP contribution in [0.4, 0.5) is 0 Å². The second-order valence-electron chi connectivity index (χ2n) is 9.16. The number of ether oxygens (including phenoxy) is 2. The molecule has 2 aromatic carbocycles. The molecule has 0 unspecified atom stereocenters. The highest BCUT2D eigenvalue weighted by molar-refractivity contribution is 5.99. The van der Waals surface area contributed by atoms with Gasteiger partial charge in [0.2, 0.25) is 0 Å². The molecule has 0 saturated carbocycles. The zero-order chi connectivity index (χ0) is 26.6. The second-order valence-corrected chi connectivity index (χ2v) is 9.16. The molecule has 4 N–H and O–H groups in total. The van der Waals surface area contributed by atoms with Crippen molar-refractivity contribution in [2.75, 3.05) is 0 Å². The number of nitrogens with one attached hydrogen (secondary N) is 1. The van der Waals surface area contributed by atoms with Gasteiger partial charge in [-0.1, -0.05) is 12.1 Å². The summed E-state index contributed by atoms with van der Waals surface area (Å²) in [6, 6.07) is 8.57. The number of benzene rings is 2. The van der Waals surface area contributed by atoms with Crippen LogP contribution in [0.25, 0.3) is 16.6 Å². The number of aliphatic hydroxyl groups is 2. The molecule has 3 aromatic rings. The van der Waals surface area contributed by atoms with Gasteiger partial charge in [0.05, 0.1) is 39.9 Å². The van der Waals surface area contributed by atoms with Gasteiger partial charge in [0.25, 0.3) is 11.5 Å². The summed E-state index contributed by atoms with van der Waals surface area (Å²) in [6.07, 6.45) is -3.25. The third kappa shape index (κ3) is 4.11. The lowest BCUT2D eigenvalue weighted by Crippen LogP contribution is -2.42. The Morgan fingerprint density at radius 3 is 2.62 bits per heavy atom. The summed E-state index contributed by atoms with van der Waals surface area (Å²) < 4.78 is 12.3. The van der Waals surface area contributed by atoms with Crippen LogP contribution in [-0.2, 0) is 9.53 Å². The Labute approximate surface area is 210 Å². The molecule has 37 heavy (non-hydrogen) atoms. The fourth-order valence-electron chi connectivity index (χ4n) is 4.49. The van der Waals surface area contributed by atoms with E-state index >= 15 is 0 Å². The Bertz CT molecular complexity index is 1530. The molecule has 2 aliphatic heterocycles. The number of hydrogen-bond acceptors (Lipinski definition) is 9. The van der Waals surface area contributed by atoms with Gasteiger partial charge >= 0.3 is 5.97 Å². The van der Waals surface area contributed by atoms with Crippen LogP contribution in [0, 0.1) is 0 Å². The number of phenolic OH excluding ortho intramolecular Hbond substituents is 1. The molecule has 1 aromatic heterocycles. The molecule has 5 rings (SSSR count). The topological polar surface area (TPSA) is 160 Å². The molecular formula is C26H25N3O8. The third-order valence-electron chi connectivity index (χ3n) is 6.46. The number of nitrogens with zero attached hydrogens (tertiary/aromatic N) is 2. The SMILES string of the molecule is C[C@@H]1NC(=O)c2cc(O)c(O[C@H](C3=C[C@H](O)[C@@H](C)OC3=O)[C@H](C)O)cc2-n2c1nc1ccccc1c2=O. The quantitative estimate of drug-likeness (QED) is 0.381. The lowest BCUT2D eigenvalue weighted by Gasteiger charge is -2.30. The van der Waals surface area contributed by atoms with Crippen LogP contribution in [-0.4, -0.2) is 61.2 Å². The van der Waals surface area contributed by atoms with Crippen molar-refractivity contribution >= 4 is 22.8 Å². The normalized spacial score (nSPS) is 22.6. The maximum absolute atomic E-state index is 13.6. The summed E-state index contributed by atoms with van der Waals surface area (Å²) in [6.45, 7) is 4.57. The zero-order valence-corrected chi connectivity index (χ0v) is 20.2. The van der Waals surface area contributed by atoms with Crippen molar-refractivity contribution in [2.45, 2.75) is 51.2 Å². The van der Waals surface area contributed by atoms with E-state index in [0.29, 0.717) is 10.9 Å². The number of carbonyl (C=O) groups is 2. The molecule has 0 saturated heterocycles. The van der Waals surface area contributed by atoms with Crippen molar-refractivity contribution in [3.05, 3.63) is 69.8 Å². The van der Waals surface area contributed by atoms with Crippen molar-refractivity contribution in [3.8, 4) is 17.2 Å². The average molecular weight is 507 g/mol. The lowest BCUT2D eigenvalue weighted by molar-refractivity contribution is -0.151. The predicted octanol–water partition coefficient (Wildman–Crippen LogP) is 1.26. The molecule has 0 spiro atoms. The van der Waals surface area contributed by atoms with E-state index in [1.54, 1.807) is 31.2 Å². The molecule has 192 valence electrons. The van der Waals surface area contributed by atoms with Crippen LogP contribution in [0.5, 0.6) is 11.5 Å². The van der Waals surface area contributed by atoms with E-state index in [0.717, 1.165) is 6.07 Å². The highest BCUT2D eigenvalue weighted by atomic mass is 16.6. The highest BCUT2D eigenvalue weighted by Crippen LogP contribution is 2.36. The molecule has 0 bridgehead atoms. The number of amides is 1. The summed E-state index contributed by atoms with van der Waals surface area (Å²) in [7, 11) is 0. The number of carbonyl (C=O) groups excluding carboxylic acids is 2. The van der Waals surface area contributed by atoms with E-state index in [4.69, 9.17) is 9.47 Å². The van der Waals surface area contributed by atoms with Crippen molar-refractivity contribution in [1.29, 1.82) is 0 Å². The van der Waals surface area contributed by atoms with E-state index in [2.05, 4.69) is 10.3 Å². The van der Waals surface area contributed by atoms with Gasteiger partial charge in [-0.15, -0.1) is 0 Å². The third-order valence-corrected chi connectivity index (χ3v) is 6.46. The number of aliphatic hydroxyl groups excluding tert-OH is 2. The maximum atomic E-state index is 13.6. The van der Waals surface area contributed by atoms with E-state index in [1.165, 1.54) is 30.6 Å². The molecule has 3 heterocycles. The fourth-order valence-corrected chi connectivity index (χ4v) is 4.49. The maximum Gasteiger partial charge on any atom is 0.338 e. The number of phenols is 1. The second kappa shape index (κ2) is 9.02. The van der Waals surface area contributed by atoms with Crippen molar-refractivity contribution in [3.63, 3.8) is 0 Å². The molecule has 11 nitrogen and oxygen atoms in total. The predicted molar refractivity (Wildman–Crippen MR) is 131 cm³/mol. The number of para-hydroxylation sites is 1. The van der Waals surface area contributed by atoms with Crippen LogP contribution < -0.4 is 15.6 Å². The highest BCUT2D eigenvalue weighted by Gasteiger charge is 2.36. The Hall–Kier alpha value is -4.22. The van der Waals surface area contributed by atoms with Crippen molar-refractivity contribution in [2.24, 2.45) is 0 Å². The Morgan fingerprint density at radius 2 is 1.89 bits per heavy atom. The molecule has 0 aliphatic carbocycles. The average Bonchev–Trinajstić information content (AvgIpc) is 2.94. The number of esters is 1. The monoisotopic (exact) mass is 507 g/mol. The number of hydrogen-bond donors (Lipinski definition) is 4. The first-order valence-corrected chi connectivity index (χ1v) is 11.7. The number of fused-ring (bicyclic) bond motifs is 4. The van der Waals surface area contributed by atoms with Crippen molar-refractivity contribution < 1.29 is 34.4 Å². The van der Waals surface area contributed by atoms with E-state index in [-0.39, 0.29) is 28.4 Å². The van der Waals surface area contributed by atoms with Crippen LogP contribution in [0.3, 0.4) is 0 Å². The fraction of sp³-hybridized carbons (Fsp3) is 0.308. The largest absolute Gasteiger partial charge is 0.504 e. The van der Waals surface area contributed by atoms with Gasteiger partial charge in [0, 0.05) is 6.07 Å². The van der Waals surface area contributed by atoms with Gasteiger partial charge in [-0.25, -0.2) is 9.78 Å². The van der Waals surface area contributed by atoms with Gasteiger partial charge in [0.1, 0.15) is 18.0 Å². The minimum atomic E-state index is -1.33. The summed E-state index contributed by atoms with van der Waals surface area (Å²) >= 11 is 0. The molecule has 2 aliphatic rings. The van der Waals surface area contributed by atoms with Gasteiger partial charge in [-0.3, -0.25) is 14.2 Å². The number of cyclic esters (lactones) is 1. The van der Waals surface area contributed by atoms with E-state index in [9.17, 15) is 29.7 Å². The first-order valence-electron chi connectivity index (χ1n) is 11.7. The first kappa shape index (κ1) is 24.5. The van der Waals surface area contributed by atoms with Crippen LogP contribution in [0.2, 0.25) is 0 Å². The van der Waals surface area contributed by atoms with Crippen LogP contribution >= 0.6 is 0 Å².